The number of hydrogen-bond donors (Lipinski definition) is 1. The van der Waals surface area contributed by atoms with Gasteiger partial charge in [0.1, 0.15) is 5.76 Å². The molecule has 3 heterocycles. The van der Waals surface area contributed by atoms with E-state index in [9.17, 15) is 4.79 Å². The third-order valence-corrected chi connectivity index (χ3v) is 4.43. The molecule has 128 valence electrons. The Balaban J connectivity index is 1.63. The molecule has 1 aromatic heterocycles. The Morgan fingerprint density at radius 2 is 1.78 bits per heavy atom. The Hall–Kier alpha value is -1.60. The topological polar surface area (TPSA) is 76.8 Å². The summed E-state index contributed by atoms with van der Waals surface area (Å²) in [5.74, 6) is 0.713. The molecule has 0 radical (unpaired) electrons. The van der Waals surface area contributed by atoms with Crippen LogP contribution in [0.1, 0.15) is 37.1 Å². The number of anilines is 1. The van der Waals surface area contributed by atoms with Gasteiger partial charge in [-0.05, 0) is 39.5 Å². The summed E-state index contributed by atoms with van der Waals surface area (Å²) in [6.07, 6.45) is 4.31. The average Bonchev–Trinajstić information content (AvgIpc) is 3.23. The van der Waals surface area contributed by atoms with E-state index in [1.54, 1.807) is 4.90 Å². The molecule has 0 saturated carbocycles. The fraction of sp³-hybridized carbons (Fsp3) is 0.750. The molecule has 2 atom stereocenters. The third kappa shape index (κ3) is 4.23. The second kappa shape index (κ2) is 7.31. The van der Waals surface area contributed by atoms with Crippen LogP contribution >= 0.6 is 0 Å². The maximum absolute atomic E-state index is 12.6. The van der Waals surface area contributed by atoms with Gasteiger partial charge in [-0.3, -0.25) is 5.32 Å². The fourth-order valence-electron chi connectivity index (χ4n) is 3.01. The zero-order chi connectivity index (χ0) is 16.2. The van der Waals surface area contributed by atoms with Crippen molar-refractivity contribution in [2.24, 2.45) is 0 Å². The van der Waals surface area contributed by atoms with Gasteiger partial charge in [0.2, 0.25) is 0 Å². The number of carbonyl (C=O) groups excluding carboxylic acids is 1. The van der Waals surface area contributed by atoms with Gasteiger partial charge in [0.15, 0.2) is 0 Å². The van der Waals surface area contributed by atoms with Crippen molar-refractivity contribution in [1.82, 2.24) is 9.88 Å². The van der Waals surface area contributed by atoms with Gasteiger partial charge >= 0.3 is 12.0 Å². The molecule has 2 saturated heterocycles. The summed E-state index contributed by atoms with van der Waals surface area (Å²) >= 11 is 0. The van der Waals surface area contributed by atoms with E-state index in [1.165, 1.54) is 0 Å². The molecule has 0 unspecified atom stereocenters. The summed E-state index contributed by atoms with van der Waals surface area (Å²) in [4.78, 5) is 18.6. The molecule has 0 spiro atoms. The van der Waals surface area contributed by atoms with Gasteiger partial charge < -0.3 is 18.8 Å². The summed E-state index contributed by atoms with van der Waals surface area (Å²) in [6.45, 7) is 6.38. The van der Waals surface area contributed by atoms with E-state index >= 15 is 0 Å². The lowest BCUT2D eigenvalue weighted by Crippen LogP contribution is -2.44. The van der Waals surface area contributed by atoms with Gasteiger partial charge in [0, 0.05) is 26.3 Å². The first-order valence-corrected chi connectivity index (χ1v) is 8.35. The van der Waals surface area contributed by atoms with Crippen molar-refractivity contribution >= 4 is 12.0 Å². The highest BCUT2D eigenvalue weighted by Crippen LogP contribution is 2.19. The van der Waals surface area contributed by atoms with Gasteiger partial charge in [-0.1, -0.05) is 0 Å². The average molecular weight is 323 g/mol. The van der Waals surface area contributed by atoms with Crippen LogP contribution in [0.2, 0.25) is 0 Å². The minimum absolute atomic E-state index is 0.107. The van der Waals surface area contributed by atoms with E-state index < -0.39 is 0 Å². The molecule has 7 nitrogen and oxygen atoms in total. The summed E-state index contributed by atoms with van der Waals surface area (Å²) in [6, 6.07) is 0.0342. The minimum atomic E-state index is -0.211. The maximum atomic E-state index is 12.6. The highest BCUT2D eigenvalue weighted by Gasteiger charge is 2.27. The fourth-order valence-corrected chi connectivity index (χ4v) is 3.01. The van der Waals surface area contributed by atoms with Crippen LogP contribution in [-0.4, -0.2) is 54.4 Å². The number of amides is 2. The van der Waals surface area contributed by atoms with Crippen LogP contribution in [0, 0.1) is 13.8 Å². The second-order valence-electron chi connectivity index (χ2n) is 6.27. The van der Waals surface area contributed by atoms with Crippen LogP contribution in [-0.2, 0) is 9.47 Å². The van der Waals surface area contributed by atoms with E-state index in [1.807, 2.05) is 13.8 Å². The molecule has 2 aliphatic heterocycles. The van der Waals surface area contributed by atoms with Crippen molar-refractivity contribution in [3.8, 4) is 0 Å². The lowest BCUT2D eigenvalue weighted by atomic mass is 10.2. The molecule has 7 heteroatoms. The standard InChI is InChI=1S/C16H25N3O4/c1-11-12(2)23-15(17-11)18-16(20)19(9-13-5-3-7-21-13)10-14-6-4-8-22-14/h13-14H,3-10H2,1-2H3,(H,17,18,20)/t13-,14+. The molecular weight excluding hydrogens is 298 g/mol. The maximum Gasteiger partial charge on any atom is 0.325 e. The van der Waals surface area contributed by atoms with Crippen molar-refractivity contribution in [2.45, 2.75) is 51.7 Å². The van der Waals surface area contributed by atoms with E-state index in [4.69, 9.17) is 13.9 Å². The summed E-state index contributed by atoms with van der Waals surface area (Å²) in [5, 5.41) is 2.75. The van der Waals surface area contributed by atoms with Crippen LogP contribution < -0.4 is 5.32 Å². The number of nitrogens with one attached hydrogen (secondary N) is 1. The van der Waals surface area contributed by atoms with Gasteiger partial charge in [0.25, 0.3) is 0 Å². The van der Waals surface area contributed by atoms with Crippen molar-refractivity contribution < 1.29 is 18.7 Å². The van der Waals surface area contributed by atoms with Gasteiger partial charge in [0.05, 0.1) is 17.9 Å². The van der Waals surface area contributed by atoms with Gasteiger partial charge in [-0.2, -0.15) is 4.98 Å². The number of nitrogens with zero attached hydrogens (tertiary/aromatic N) is 2. The van der Waals surface area contributed by atoms with Crippen LogP contribution in [0.3, 0.4) is 0 Å². The first-order chi connectivity index (χ1) is 11.1. The molecule has 2 aliphatic rings. The number of rotatable bonds is 5. The smallest absolute Gasteiger partial charge is 0.325 e. The first-order valence-electron chi connectivity index (χ1n) is 8.35. The van der Waals surface area contributed by atoms with E-state index in [-0.39, 0.29) is 24.3 Å². The second-order valence-corrected chi connectivity index (χ2v) is 6.27. The van der Waals surface area contributed by atoms with Gasteiger partial charge in [-0.15, -0.1) is 0 Å². The molecule has 0 aromatic carbocycles. The SMILES string of the molecule is Cc1nc(NC(=O)N(C[C@H]2CCCO2)C[C@@H]2CCCO2)oc1C. The molecule has 23 heavy (non-hydrogen) atoms. The van der Waals surface area contributed by atoms with Crippen molar-refractivity contribution in [3.63, 3.8) is 0 Å². The number of carbonyl (C=O) groups is 1. The monoisotopic (exact) mass is 323 g/mol. The molecule has 0 aliphatic carbocycles. The Labute approximate surface area is 136 Å². The highest BCUT2D eigenvalue weighted by molar-refractivity contribution is 5.87. The number of aryl methyl sites for hydroxylation is 2. The number of ether oxygens (including phenoxy) is 2. The van der Waals surface area contributed by atoms with E-state index in [0.717, 1.165) is 44.6 Å². The highest BCUT2D eigenvalue weighted by atomic mass is 16.5. The normalized spacial score (nSPS) is 24.1. The van der Waals surface area contributed by atoms with E-state index in [0.29, 0.717) is 18.8 Å². The Bertz CT molecular complexity index is 496. The number of hydrogen-bond acceptors (Lipinski definition) is 5. The minimum Gasteiger partial charge on any atom is -0.428 e. The van der Waals surface area contributed by atoms with Crippen LogP contribution in [0.4, 0.5) is 10.8 Å². The summed E-state index contributed by atoms with van der Waals surface area (Å²) in [7, 11) is 0. The van der Waals surface area contributed by atoms with Crippen molar-refractivity contribution in [3.05, 3.63) is 11.5 Å². The molecule has 2 fully saturated rings. The molecule has 2 amide bonds. The summed E-state index contributed by atoms with van der Waals surface area (Å²) in [5.41, 5.74) is 0.783. The zero-order valence-electron chi connectivity index (χ0n) is 13.8. The first kappa shape index (κ1) is 16.3. The molecule has 3 rings (SSSR count). The van der Waals surface area contributed by atoms with Crippen molar-refractivity contribution in [1.29, 1.82) is 0 Å². The molecule has 1 N–H and O–H groups in total. The summed E-state index contributed by atoms with van der Waals surface area (Å²) < 4.78 is 16.8. The molecule has 1 aromatic rings. The lowest BCUT2D eigenvalue weighted by molar-refractivity contribution is 0.0523. The number of aromatic nitrogens is 1. The lowest BCUT2D eigenvalue weighted by Gasteiger charge is -2.27. The van der Waals surface area contributed by atoms with Crippen LogP contribution in [0.15, 0.2) is 4.42 Å². The Kier molecular flexibility index (Phi) is 5.17. The Morgan fingerprint density at radius 3 is 2.22 bits per heavy atom. The Morgan fingerprint density at radius 1 is 1.17 bits per heavy atom. The van der Waals surface area contributed by atoms with Crippen molar-refractivity contribution in [2.75, 3.05) is 31.6 Å². The predicted octanol–water partition coefficient (Wildman–Crippen LogP) is 2.48. The predicted molar refractivity (Wildman–Crippen MR) is 84.5 cm³/mol. The van der Waals surface area contributed by atoms with Crippen LogP contribution in [0.5, 0.6) is 0 Å². The molecular formula is C16H25N3O4. The largest absolute Gasteiger partial charge is 0.428 e. The van der Waals surface area contributed by atoms with Crippen LogP contribution in [0.25, 0.3) is 0 Å². The quantitative estimate of drug-likeness (QED) is 0.901. The van der Waals surface area contributed by atoms with Gasteiger partial charge in [-0.25, -0.2) is 4.79 Å². The number of oxazole rings is 1. The van der Waals surface area contributed by atoms with E-state index in [2.05, 4.69) is 10.3 Å². The zero-order valence-corrected chi connectivity index (χ0v) is 13.8. The number of urea groups is 1. The molecule has 0 bridgehead atoms. The third-order valence-electron chi connectivity index (χ3n) is 4.43.